The van der Waals surface area contributed by atoms with Crippen molar-refractivity contribution in [3.63, 3.8) is 0 Å². The van der Waals surface area contributed by atoms with Gasteiger partial charge in [-0.25, -0.2) is 4.98 Å². The first-order valence-corrected chi connectivity index (χ1v) is 7.08. The van der Waals surface area contributed by atoms with Crippen molar-refractivity contribution in [2.45, 2.75) is 44.8 Å². The zero-order valence-corrected chi connectivity index (χ0v) is 11.4. The summed E-state index contributed by atoms with van der Waals surface area (Å²) in [6.07, 6.45) is 3.23. The minimum atomic E-state index is -0.0326. The van der Waals surface area contributed by atoms with Crippen molar-refractivity contribution < 1.29 is 5.11 Å². The highest BCUT2D eigenvalue weighted by Crippen LogP contribution is 2.34. The van der Waals surface area contributed by atoms with Gasteiger partial charge in [0.15, 0.2) is 0 Å². The molecular weight excluding hydrogens is 238 g/mol. The zero-order chi connectivity index (χ0) is 13.3. The van der Waals surface area contributed by atoms with Crippen LogP contribution >= 0.6 is 0 Å². The minimum Gasteiger partial charge on any atom is -0.394 e. The number of aromatic nitrogens is 2. The first-order chi connectivity index (χ1) is 9.28. The van der Waals surface area contributed by atoms with E-state index in [2.05, 4.69) is 35.0 Å². The third-order valence-electron chi connectivity index (χ3n) is 3.96. The second-order valence-corrected chi connectivity index (χ2v) is 5.46. The van der Waals surface area contributed by atoms with Gasteiger partial charge in [0.2, 0.25) is 0 Å². The Balaban J connectivity index is 1.86. The fourth-order valence-electron chi connectivity index (χ4n) is 2.54. The highest BCUT2D eigenvalue weighted by molar-refractivity contribution is 5.75. The maximum absolute atomic E-state index is 9.36. The Morgan fingerprint density at radius 2 is 2.16 bits per heavy atom. The Morgan fingerprint density at radius 1 is 1.37 bits per heavy atom. The number of nitrogens with one attached hydrogen (secondary N) is 1. The zero-order valence-electron chi connectivity index (χ0n) is 11.4. The van der Waals surface area contributed by atoms with Crippen molar-refractivity contribution in [3.05, 3.63) is 30.1 Å². The second-order valence-electron chi connectivity index (χ2n) is 5.46. The molecular formula is C15H21N3O. The largest absolute Gasteiger partial charge is 0.394 e. The van der Waals surface area contributed by atoms with Crippen molar-refractivity contribution in [1.82, 2.24) is 14.9 Å². The Hall–Kier alpha value is -1.39. The van der Waals surface area contributed by atoms with Crippen molar-refractivity contribution >= 4 is 11.0 Å². The summed E-state index contributed by atoms with van der Waals surface area (Å²) in [4.78, 5) is 4.72. The topological polar surface area (TPSA) is 50.1 Å². The predicted molar refractivity (Wildman–Crippen MR) is 75.9 cm³/mol. The van der Waals surface area contributed by atoms with Crippen LogP contribution in [0.5, 0.6) is 0 Å². The molecule has 0 amide bonds. The lowest BCUT2D eigenvalue weighted by atomic mass is 10.3. The van der Waals surface area contributed by atoms with E-state index in [9.17, 15) is 5.11 Å². The van der Waals surface area contributed by atoms with Crippen LogP contribution in [-0.4, -0.2) is 26.8 Å². The van der Waals surface area contributed by atoms with Crippen LogP contribution < -0.4 is 5.32 Å². The lowest BCUT2D eigenvalue weighted by molar-refractivity contribution is 0.228. The summed E-state index contributed by atoms with van der Waals surface area (Å²) in [6, 6.07) is 8.27. The number of hydrogen-bond donors (Lipinski definition) is 2. The number of aliphatic hydroxyl groups is 1. The van der Waals surface area contributed by atoms with Crippen LogP contribution in [0.25, 0.3) is 11.0 Å². The smallest absolute Gasteiger partial charge is 0.123 e. The highest BCUT2D eigenvalue weighted by Gasteiger charge is 2.41. The first-order valence-electron chi connectivity index (χ1n) is 7.08. The fraction of sp³-hybridized carbons (Fsp3) is 0.533. The molecule has 0 atom stereocenters. The van der Waals surface area contributed by atoms with Gasteiger partial charge in [-0.15, -0.1) is 0 Å². The molecule has 0 saturated heterocycles. The molecule has 4 nitrogen and oxygen atoms in total. The van der Waals surface area contributed by atoms with E-state index in [-0.39, 0.29) is 12.1 Å². The van der Waals surface area contributed by atoms with E-state index in [0.29, 0.717) is 0 Å². The first kappa shape index (κ1) is 12.6. The maximum atomic E-state index is 9.36. The molecule has 1 saturated carbocycles. The lowest BCUT2D eigenvalue weighted by Crippen LogP contribution is -2.35. The molecule has 0 radical (unpaired) electrons. The molecule has 1 aromatic carbocycles. The number of aryl methyl sites for hydroxylation is 1. The molecule has 4 heteroatoms. The van der Waals surface area contributed by atoms with Gasteiger partial charge in [0.1, 0.15) is 5.82 Å². The number of para-hydroxylation sites is 2. The Kier molecular flexibility index (Phi) is 3.29. The average Bonchev–Trinajstić information content (AvgIpc) is 3.15. The van der Waals surface area contributed by atoms with Crippen molar-refractivity contribution in [3.8, 4) is 0 Å². The van der Waals surface area contributed by atoms with E-state index < -0.39 is 0 Å². The lowest BCUT2D eigenvalue weighted by Gasteiger charge is -2.15. The van der Waals surface area contributed by atoms with Crippen LogP contribution in [0, 0.1) is 0 Å². The monoisotopic (exact) mass is 259 g/mol. The minimum absolute atomic E-state index is 0.0326. The molecule has 0 unspecified atom stereocenters. The van der Waals surface area contributed by atoms with E-state index in [0.717, 1.165) is 43.7 Å². The Bertz CT molecular complexity index is 572. The number of rotatable bonds is 6. The quantitative estimate of drug-likeness (QED) is 0.835. The summed E-state index contributed by atoms with van der Waals surface area (Å²) in [7, 11) is 0. The van der Waals surface area contributed by atoms with Gasteiger partial charge in [0, 0.05) is 12.1 Å². The molecule has 0 bridgehead atoms. The van der Waals surface area contributed by atoms with Gasteiger partial charge in [-0.3, -0.25) is 0 Å². The van der Waals surface area contributed by atoms with E-state index in [1.54, 1.807) is 0 Å². The molecule has 2 aromatic rings. The van der Waals surface area contributed by atoms with Gasteiger partial charge in [0.05, 0.1) is 24.2 Å². The number of fused-ring (bicyclic) bond motifs is 1. The number of benzene rings is 1. The van der Waals surface area contributed by atoms with Crippen LogP contribution in [0.15, 0.2) is 24.3 Å². The number of aliphatic hydroxyl groups excluding tert-OH is 1. The molecule has 102 valence electrons. The molecule has 2 N–H and O–H groups in total. The standard InChI is InChI=1S/C15H21N3O/c1-2-9-18-13-6-4-3-5-12(13)17-14(18)10-16-15(11-19)7-8-15/h3-6,16,19H,2,7-11H2,1H3. The Morgan fingerprint density at radius 3 is 2.84 bits per heavy atom. The molecule has 1 aromatic heterocycles. The summed E-state index contributed by atoms with van der Waals surface area (Å²) < 4.78 is 2.29. The van der Waals surface area contributed by atoms with Gasteiger partial charge in [0.25, 0.3) is 0 Å². The summed E-state index contributed by atoms with van der Waals surface area (Å²) >= 11 is 0. The average molecular weight is 259 g/mol. The third kappa shape index (κ3) is 2.38. The van der Waals surface area contributed by atoms with Crippen molar-refractivity contribution in [2.75, 3.05) is 6.61 Å². The second kappa shape index (κ2) is 4.94. The number of hydrogen-bond acceptors (Lipinski definition) is 3. The van der Waals surface area contributed by atoms with Crippen LogP contribution in [0.4, 0.5) is 0 Å². The molecule has 1 aliphatic carbocycles. The summed E-state index contributed by atoms with van der Waals surface area (Å²) in [5.74, 6) is 1.07. The van der Waals surface area contributed by atoms with Gasteiger partial charge in [-0.1, -0.05) is 19.1 Å². The summed E-state index contributed by atoms with van der Waals surface area (Å²) in [5, 5.41) is 12.8. The van der Waals surface area contributed by atoms with Gasteiger partial charge in [-0.05, 0) is 31.4 Å². The predicted octanol–water partition coefficient (Wildman–Crippen LogP) is 2.06. The molecule has 1 heterocycles. The highest BCUT2D eigenvalue weighted by atomic mass is 16.3. The molecule has 0 aliphatic heterocycles. The normalized spacial score (nSPS) is 16.9. The van der Waals surface area contributed by atoms with Gasteiger partial charge >= 0.3 is 0 Å². The van der Waals surface area contributed by atoms with E-state index in [4.69, 9.17) is 4.98 Å². The molecule has 0 spiro atoms. The van der Waals surface area contributed by atoms with Crippen LogP contribution in [-0.2, 0) is 13.1 Å². The number of imidazole rings is 1. The third-order valence-corrected chi connectivity index (χ3v) is 3.96. The van der Waals surface area contributed by atoms with Crippen LogP contribution in [0.1, 0.15) is 32.0 Å². The summed E-state index contributed by atoms with van der Waals surface area (Å²) in [5.41, 5.74) is 2.23. The van der Waals surface area contributed by atoms with Crippen molar-refractivity contribution in [1.29, 1.82) is 0 Å². The SMILES string of the molecule is CCCn1c(CNC2(CO)CC2)nc2ccccc21. The van der Waals surface area contributed by atoms with Gasteiger partial charge < -0.3 is 15.0 Å². The summed E-state index contributed by atoms with van der Waals surface area (Å²) in [6.45, 7) is 4.13. The molecule has 3 rings (SSSR count). The molecule has 19 heavy (non-hydrogen) atoms. The van der Waals surface area contributed by atoms with E-state index in [1.165, 1.54) is 5.52 Å². The van der Waals surface area contributed by atoms with Crippen LogP contribution in [0.2, 0.25) is 0 Å². The van der Waals surface area contributed by atoms with Crippen molar-refractivity contribution in [2.24, 2.45) is 0 Å². The van der Waals surface area contributed by atoms with Crippen LogP contribution in [0.3, 0.4) is 0 Å². The number of nitrogens with zero attached hydrogens (tertiary/aromatic N) is 2. The fourth-order valence-corrected chi connectivity index (χ4v) is 2.54. The molecule has 1 aliphatic rings. The Labute approximate surface area is 113 Å². The van der Waals surface area contributed by atoms with E-state index >= 15 is 0 Å². The maximum Gasteiger partial charge on any atom is 0.123 e. The van der Waals surface area contributed by atoms with E-state index in [1.807, 2.05) is 6.07 Å². The molecule has 1 fully saturated rings. The van der Waals surface area contributed by atoms with Gasteiger partial charge in [-0.2, -0.15) is 0 Å².